The van der Waals surface area contributed by atoms with Crippen LogP contribution in [0.5, 0.6) is 11.5 Å². The number of aromatic nitrogens is 3. The molecule has 2 aromatic heterocycles. The molecule has 0 amide bonds. The maximum Gasteiger partial charge on any atom is 0.274 e. The van der Waals surface area contributed by atoms with Gasteiger partial charge in [0.05, 0.1) is 16.0 Å². The van der Waals surface area contributed by atoms with Gasteiger partial charge >= 0.3 is 0 Å². The van der Waals surface area contributed by atoms with Gasteiger partial charge in [0.15, 0.2) is 17.2 Å². The fourth-order valence-electron chi connectivity index (χ4n) is 1.73. The number of non-ortho nitro benzene ring substituents is 1. The van der Waals surface area contributed by atoms with Crippen LogP contribution >= 0.6 is 11.6 Å². The Morgan fingerprint density at radius 1 is 1.38 bits per heavy atom. The van der Waals surface area contributed by atoms with E-state index in [9.17, 15) is 14.5 Å². The molecule has 3 rings (SSSR count). The second kappa shape index (κ2) is 4.98. The van der Waals surface area contributed by atoms with Gasteiger partial charge in [-0.1, -0.05) is 11.6 Å². The standard InChI is InChI=1S/C12H6ClFN4O3/c13-9-3-7(18(19)20)4-10(14)12(9)21-8-1-2-17-11(5-8)15-6-16-17/h1-6H. The Kier molecular flexibility index (Phi) is 3.15. The Labute approximate surface area is 121 Å². The molecular weight excluding hydrogens is 303 g/mol. The molecule has 0 saturated heterocycles. The Morgan fingerprint density at radius 2 is 2.19 bits per heavy atom. The molecule has 0 aliphatic rings. The van der Waals surface area contributed by atoms with Crippen molar-refractivity contribution < 1.29 is 14.1 Å². The maximum atomic E-state index is 13.9. The highest BCUT2D eigenvalue weighted by Gasteiger charge is 2.17. The smallest absolute Gasteiger partial charge is 0.274 e. The summed E-state index contributed by atoms with van der Waals surface area (Å²) in [6, 6.07) is 4.84. The highest BCUT2D eigenvalue weighted by molar-refractivity contribution is 6.32. The number of nitrogens with zero attached hydrogens (tertiary/aromatic N) is 4. The SMILES string of the molecule is O=[N+]([O-])c1cc(F)c(Oc2ccn3ncnc3c2)c(Cl)c1. The summed E-state index contributed by atoms with van der Waals surface area (Å²) in [7, 11) is 0. The summed E-state index contributed by atoms with van der Waals surface area (Å²) in [5, 5.41) is 14.3. The molecule has 0 fully saturated rings. The predicted molar refractivity (Wildman–Crippen MR) is 71.1 cm³/mol. The molecule has 0 N–H and O–H groups in total. The second-order valence-electron chi connectivity index (χ2n) is 4.02. The fourth-order valence-corrected chi connectivity index (χ4v) is 1.97. The third-order valence-electron chi connectivity index (χ3n) is 2.67. The fraction of sp³-hybridized carbons (Fsp3) is 0. The largest absolute Gasteiger partial charge is 0.452 e. The van der Waals surface area contributed by atoms with Crippen LogP contribution in [-0.4, -0.2) is 19.5 Å². The third kappa shape index (κ3) is 2.48. The molecule has 2 heterocycles. The topological polar surface area (TPSA) is 82.6 Å². The summed E-state index contributed by atoms with van der Waals surface area (Å²) in [6.07, 6.45) is 2.94. The number of ether oxygens (including phenoxy) is 1. The lowest BCUT2D eigenvalue weighted by Gasteiger charge is -2.08. The average Bonchev–Trinajstić information content (AvgIpc) is 2.90. The Morgan fingerprint density at radius 3 is 2.90 bits per heavy atom. The molecule has 0 bridgehead atoms. The van der Waals surface area contributed by atoms with E-state index in [2.05, 4.69) is 10.1 Å². The zero-order valence-corrected chi connectivity index (χ0v) is 11.0. The highest BCUT2D eigenvalue weighted by Crippen LogP contribution is 2.35. The lowest BCUT2D eigenvalue weighted by atomic mass is 10.3. The summed E-state index contributed by atoms with van der Waals surface area (Å²) < 4.78 is 20.7. The molecule has 0 unspecified atom stereocenters. The molecule has 7 nitrogen and oxygen atoms in total. The number of nitro groups is 1. The van der Waals surface area contributed by atoms with Crippen LogP contribution in [0.15, 0.2) is 36.8 Å². The lowest BCUT2D eigenvalue weighted by Crippen LogP contribution is -1.95. The van der Waals surface area contributed by atoms with Gasteiger partial charge in [0, 0.05) is 18.3 Å². The minimum Gasteiger partial charge on any atom is -0.452 e. The molecular formula is C12H6ClFN4O3. The minimum atomic E-state index is -0.921. The van der Waals surface area contributed by atoms with Gasteiger partial charge in [-0.3, -0.25) is 10.1 Å². The molecule has 3 aromatic rings. The van der Waals surface area contributed by atoms with Crippen LogP contribution in [0.1, 0.15) is 0 Å². The highest BCUT2D eigenvalue weighted by atomic mass is 35.5. The van der Waals surface area contributed by atoms with Crippen molar-refractivity contribution in [2.45, 2.75) is 0 Å². The predicted octanol–water partition coefficient (Wildman–Crippen LogP) is 3.22. The van der Waals surface area contributed by atoms with Crippen molar-refractivity contribution in [3.8, 4) is 11.5 Å². The van der Waals surface area contributed by atoms with E-state index in [1.807, 2.05) is 0 Å². The molecule has 21 heavy (non-hydrogen) atoms. The van der Waals surface area contributed by atoms with Crippen LogP contribution in [0.2, 0.25) is 5.02 Å². The number of fused-ring (bicyclic) bond motifs is 1. The number of hydrogen-bond acceptors (Lipinski definition) is 5. The Balaban J connectivity index is 1.99. The monoisotopic (exact) mass is 308 g/mol. The zero-order valence-electron chi connectivity index (χ0n) is 10.2. The van der Waals surface area contributed by atoms with E-state index in [0.717, 1.165) is 12.1 Å². The molecule has 0 saturated carbocycles. The molecule has 0 radical (unpaired) electrons. The van der Waals surface area contributed by atoms with Gasteiger partial charge in [-0.15, -0.1) is 0 Å². The average molecular weight is 309 g/mol. The molecule has 106 valence electrons. The third-order valence-corrected chi connectivity index (χ3v) is 2.95. The van der Waals surface area contributed by atoms with Crippen LogP contribution in [0.4, 0.5) is 10.1 Å². The van der Waals surface area contributed by atoms with E-state index in [-0.39, 0.29) is 16.5 Å². The maximum absolute atomic E-state index is 13.9. The summed E-state index contributed by atoms with van der Waals surface area (Å²) >= 11 is 5.82. The minimum absolute atomic E-state index is 0.192. The summed E-state index contributed by atoms with van der Waals surface area (Å²) in [5.41, 5.74) is 0.0590. The summed E-state index contributed by atoms with van der Waals surface area (Å²) in [5.74, 6) is -0.924. The Bertz CT molecular complexity index is 828. The van der Waals surface area contributed by atoms with E-state index in [0.29, 0.717) is 5.65 Å². The van der Waals surface area contributed by atoms with Gasteiger partial charge in [0.1, 0.15) is 12.1 Å². The second-order valence-corrected chi connectivity index (χ2v) is 4.43. The van der Waals surface area contributed by atoms with Crippen molar-refractivity contribution in [3.05, 3.63) is 57.7 Å². The van der Waals surface area contributed by atoms with Crippen molar-refractivity contribution in [1.29, 1.82) is 0 Å². The molecule has 9 heteroatoms. The number of halogens is 2. The summed E-state index contributed by atoms with van der Waals surface area (Å²) in [6.45, 7) is 0. The normalized spacial score (nSPS) is 10.8. The van der Waals surface area contributed by atoms with Gasteiger partial charge in [-0.2, -0.15) is 5.10 Å². The summed E-state index contributed by atoms with van der Waals surface area (Å²) in [4.78, 5) is 13.8. The van der Waals surface area contributed by atoms with Gasteiger partial charge in [-0.05, 0) is 6.07 Å². The van der Waals surface area contributed by atoms with Crippen molar-refractivity contribution in [3.63, 3.8) is 0 Å². The number of hydrogen-bond donors (Lipinski definition) is 0. The quantitative estimate of drug-likeness (QED) is 0.548. The number of rotatable bonds is 3. The van der Waals surface area contributed by atoms with Gasteiger partial charge in [0.2, 0.25) is 0 Å². The van der Waals surface area contributed by atoms with Crippen molar-refractivity contribution in [2.24, 2.45) is 0 Å². The number of nitro benzene ring substituents is 1. The lowest BCUT2D eigenvalue weighted by molar-refractivity contribution is -0.385. The molecule has 1 aromatic carbocycles. The first kappa shape index (κ1) is 13.3. The van der Waals surface area contributed by atoms with E-state index in [1.54, 1.807) is 12.3 Å². The first-order valence-electron chi connectivity index (χ1n) is 5.65. The first-order valence-corrected chi connectivity index (χ1v) is 6.03. The van der Waals surface area contributed by atoms with Gasteiger partial charge < -0.3 is 4.74 Å². The Hall–Kier alpha value is -2.74. The van der Waals surface area contributed by atoms with Crippen LogP contribution < -0.4 is 4.74 Å². The molecule has 0 aliphatic heterocycles. The van der Waals surface area contributed by atoms with Crippen LogP contribution in [-0.2, 0) is 0 Å². The van der Waals surface area contributed by atoms with Crippen LogP contribution in [0.25, 0.3) is 5.65 Å². The van der Waals surface area contributed by atoms with Crippen LogP contribution in [0.3, 0.4) is 0 Å². The van der Waals surface area contributed by atoms with E-state index < -0.39 is 16.4 Å². The molecule has 0 atom stereocenters. The zero-order chi connectivity index (χ0) is 15.0. The van der Waals surface area contributed by atoms with Crippen molar-refractivity contribution >= 4 is 22.9 Å². The van der Waals surface area contributed by atoms with Gasteiger partial charge in [-0.25, -0.2) is 13.9 Å². The molecule has 0 spiro atoms. The number of benzene rings is 1. The van der Waals surface area contributed by atoms with Crippen LogP contribution in [0, 0.1) is 15.9 Å². The van der Waals surface area contributed by atoms with E-state index in [1.165, 1.54) is 16.9 Å². The van der Waals surface area contributed by atoms with E-state index in [4.69, 9.17) is 16.3 Å². The number of pyridine rings is 1. The first-order chi connectivity index (χ1) is 10.0. The van der Waals surface area contributed by atoms with E-state index >= 15 is 0 Å². The van der Waals surface area contributed by atoms with Gasteiger partial charge in [0.25, 0.3) is 5.69 Å². The molecule has 0 aliphatic carbocycles. The van der Waals surface area contributed by atoms with Crippen molar-refractivity contribution in [2.75, 3.05) is 0 Å². The van der Waals surface area contributed by atoms with Crippen molar-refractivity contribution in [1.82, 2.24) is 14.6 Å².